The van der Waals surface area contributed by atoms with Crippen LogP contribution < -0.4 is 0 Å². The first-order valence-corrected chi connectivity index (χ1v) is 8.86. The molecule has 7 heteroatoms. The molecule has 1 unspecified atom stereocenters. The van der Waals surface area contributed by atoms with Gasteiger partial charge in [0.15, 0.2) is 6.10 Å². The SMILES string of the molecule is Cc1ccccc1C(=O)OC1(C(=O)c2ccccc2C)O[C@H](CO)[C@@H](O)[C@H]1O. The van der Waals surface area contributed by atoms with Crippen LogP contribution in [0.1, 0.15) is 31.8 Å². The maximum Gasteiger partial charge on any atom is 0.341 e. The van der Waals surface area contributed by atoms with Crippen molar-refractivity contribution in [1.29, 1.82) is 0 Å². The van der Waals surface area contributed by atoms with E-state index in [1.165, 1.54) is 12.1 Å². The van der Waals surface area contributed by atoms with Gasteiger partial charge in [0.05, 0.1) is 12.2 Å². The number of hydrogen-bond donors (Lipinski definition) is 3. The fourth-order valence-corrected chi connectivity index (χ4v) is 3.27. The summed E-state index contributed by atoms with van der Waals surface area (Å²) in [7, 11) is 0. The van der Waals surface area contributed by atoms with E-state index in [1.54, 1.807) is 50.2 Å². The predicted molar refractivity (Wildman–Crippen MR) is 98.8 cm³/mol. The van der Waals surface area contributed by atoms with Gasteiger partial charge in [-0.15, -0.1) is 0 Å². The van der Waals surface area contributed by atoms with Crippen molar-refractivity contribution in [1.82, 2.24) is 0 Å². The third kappa shape index (κ3) is 3.33. The molecule has 1 aliphatic rings. The Hall–Kier alpha value is -2.58. The quantitative estimate of drug-likeness (QED) is 0.522. The highest BCUT2D eigenvalue weighted by atomic mass is 16.7. The highest BCUT2D eigenvalue weighted by Gasteiger charge is 2.62. The van der Waals surface area contributed by atoms with E-state index in [4.69, 9.17) is 9.47 Å². The summed E-state index contributed by atoms with van der Waals surface area (Å²) in [6.07, 6.45) is -4.76. The van der Waals surface area contributed by atoms with E-state index in [-0.39, 0.29) is 11.1 Å². The Morgan fingerprint density at radius 1 is 1.00 bits per heavy atom. The Kier molecular flexibility index (Phi) is 5.62. The molecule has 7 nitrogen and oxygen atoms in total. The second kappa shape index (κ2) is 7.81. The van der Waals surface area contributed by atoms with E-state index in [0.717, 1.165) is 0 Å². The van der Waals surface area contributed by atoms with E-state index < -0.39 is 42.5 Å². The van der Waals surface area contributed by atoms with Crippen molar-refractivity contribution in [3.63, 3.8) is 0 Å². The Morgan fingerprint density at radius 3 is 2.04 bits per heavy atom. The van der Waals surface area contributed by atoms with Crippen molar-refractivity contribution in [2.24, 2.45) is 0 Å². The number of ether oxygens (including phenoxy) is 2. The second-order valence-electron chi connectivity index (χ2n) is 6.79. The lowest BCUT2D eigenvalue weighted by Gasteiger charge is -2.30. The Labute approximate surface area is 162 Å². The molecule has 0 radical (unpaired) electrons. The molecule has 4 atom stereocenters. The Morgan fingerprint density at radius 2 is 1.54 bits per heavy atom. The molecule has 148 valence electrons. The first-order chi connectivity index (χ1) is 13.3. The summed E-state index contributed by atoms with van der Waals surface area (Å²) in [4.78, 5) is 26.1. The van der Waals surface area contributed by atoms with Crippen LogP contribution in [0, 0.1) is 13.8 Å². The van der Waals surface area contributed by atoms with Crippen molar-refractivity contribution < 1.29 is 34.4 Å². The summed E-state index contributed by atoms with van der Waals surface area (Å²) in [6, 6.07) is 13.1. The van der Waals surface area contributed by atoms with Gasteiger partial charge in [-0.3, -0.25) is 4.79 Å². The highest BCUT2D eigenvalue weighted by Crippen LogP contribution is 2.37. The van der Waals surface area contributed by atoms with Crippen LogP contribution in [-0.2, 0) is 9.47 Å². The van der Waals surface area contributed by atoms with Crippen molar-refractivity contribution >= 4 is 11.8 Å². The normalized spacial score (nSPS) is 26.8. The molecular formula is C21H22O7. The smallest absolute Gasteiger partial charge is 0.341 e. The van der Waals surface area contributed by atoms with E-state index in [0.29, 0.717) is 11.1 Å². The number of hydrogen-bond acceptors (Lipinski definition) is 7. The molecule has 0 saturated carbocycles. The van der Waals surface area contributed by atoms with E-state index >= 15 is 0 Å². The number of esters is 1. The average molecular weight is 386 g/mol. The maximum atomic E-state index is 13.3. The van der Waals surface area contributed by atoms with Gasteiger partial charge in [0.1, 0.15) is 12.2 Å². The predicted octanol–water partition coefficient (Wildman–Crippen LogP) is 1.15. The molecule has 1 saturated heterocycles. The van der Waals surface area contributed by atoms with Crippen LogP contribution in [0.3, 0.4) is 0 Å². The third-order valence-electron chi connectivity index (χ3n) is 4.92. The molecule has 1 heterocycles. The molecule has 3 N–H and O–H groups in total. The standard InChI is InChI=1S/C21H22O7/c1-12-7-3-5-9-14(12)18(24)21(19(25)17(23)16(11-22)27-21)28-20(26)15-10-6-4-8-13(15)2/h3-10,16-17,19,22-23,25H,11H2,1-2H3/t16-,17-,19-,21?/m1/s1. The largest absolute Gasteiger partial charge is 0.418 e. The van der Waals surface area contributed by atoms with Crippen molar-refractivity contribution in [2.75, 3.05) is 6.61 Å². The summed E-state index contributed by atoms with van der Waals surface area (Å²) >= 11 is 0. The zero-order chi connectivity index (χ0) is 20.5. The zero-order valence-electron chi connectivity index (χ0n) is 15.5. The number of aryl methyl sites for hydroxylation is 2. The minimum atomic E-state index is -2.47. The number of carbonyl (C=O) groups excluding carboxylic acids is 2. The lowest BCUT2D eigenvalue weighted by atomic mass is 9.93. The summed E-state index contributed by atoms with van der Waals surface area (Å²) in [6.45, 7) is 2.72. The van der Waals surface area contributed by atoms with E-state index in [1.807, 2.05) is 0 Å². The summed E-state index contributed by atoms with van der Waals surface area (Å²) in [5.41, 5.74) is 1.55. The van der Waals surface area contributed by atoms with Gasteiger partial charge in [-0.25, -0.2) is 4.79 Å². The lowest BCUT2D eigenvalue weighted by molar-refractivity contribution is -0.195. The van der Waals surface area contributed by atoms with Gasteiger partial charge in [0, 0.05) is 5.56 Å². The minimum Gasteiger partial charge on any atom is -0.418 e. The lowest BCUT2D eigenvalue weighted by Crippen LogP contribution is -2.53. The van der Waals surface area contributed by atoms with Crippen LogP contribution in [0.2, 0.25) is 0 Å². The van der Waals surface area contributed by atoms with Crippen molar-refractivity contribution in [3.05, 3.63) is 70.8 Å². The van der Waals surface area contributed by atoms with Gasteiger partial charge in [-0.05, 0) is 31.0 Å². The number of ketones is 1. The van der Waals surface area contributed by atoms with Gasteiger partial charge in [-0.1, -0.05) is 42.5 Å². The molecule has 0 amide bonds. The van der Waals surface area contributed by atoms with Crippen LogP contribution in [0.5, 0.6) is 0 Å². The van der Waals surface area contributed by atoms with Crippen LogP contribution in [-0.4, -0.2) is 57.8 Å². The fraction of sp³-hybridized carbons (Fsp3) is 0.333. The number of aliphatic hydroxyl groups is 3. The third-order valence-corrected chi connectivity index (χ3v) is 4.92. The second-order valence-corrected chi connectivity index (χ2v) is 6.79. The van der Waals surface area contributed by atoms with Gasteiger partial charge < -0.3 is 24.8 Å². The molecule has 0 aliphatic carbocycles. The molecule has 2 aromatic rings. The van der Waals surface area contributed by atoms with Crippen LogP contribution in [0.4, 0.5) is 0 Å². The van der Waals surface area contributed by atoms with Gasteiger partial charge in [0.25, 0.3) is 0 Å². The average Bonchev–Trinajstić information content (AvgIpc) is 2.93. The minimum absolute atomic E-state index is 0.171. The van der Waals surface area contributed by atoms with Gasteiger partial charge in [-0.2, -0.15) is 0 Å². The van der Waals surface area contributed by atoms with Crippen molar-refractivity contribution in [3.8, 4) is 0 Å². The summed E-state index contributed by atoms with van der Waals surface area (Å²) in [5, 5.41) is 30.3. The fourth-order valence-electron chi connectivity index (χ4n) is 3.27. The Bertz CT molecular complexity index is 894. The molecule has 0 aromatic heterocycles. The van der Waals surface area contributed by atoms with E-state index in [9.17, 15) is 24.9 Å². The van der Waals surface area contributed by atoms with Crippen LogP contribution in [0.15, 0.2) is 48.5 Å². The monoisotopic (exact) mass is 386 g/mol. The zero-order valence-corrected chi connectivity index (χ0v) is 15.5. The molecule has 28 heavy (non-hydrogen) atoms. The van der Waals surface area contributed by atoms with E-state index in [2.05, 4.69) is 0 Å². The number of Topliss-reactive ketones (excluding diaryl/α,β-unsaturated/α-hetero) is 1. The number of aliphatic hydroxyl groups excluding tert-OH is 3. The topological polar surface area (TPSA) is 113 Å². The molecule has 2 aromatic carbocycles. The molecule has 0 spiro atoms. The summed E-state index contributed by atoms with van der Waals surface area (Å²) < 4.78 is 10.9. The molecule has 1 aliphatic heterocycles. The Balaban J connectivity index is 2.06. The van der Waals surface area contributed by atoms with Crippen LogP contribution >= 0.6 is 0 Å². The summed E-state index contributed by atoms with van der Waals surface area (Å²) in [5.74, 6) is -4.17. The first-order valence-electron chi connectivity index (χ1n) is 8.86. The highest BCUT2D eigenvalue weighted by molar-refractivity contribution is 6.05. The first kappa shape index (κ1) is 20.2. The number of rotatable bonds is 5. The van der Waals surface area contributed by atoms with Gasteiger partial charge >= 0.3 is 11.8 Å². The maximum absolute atomic E-state index is 13.3. The van der Waals surface area contributed by atoms with Gasteiger partial charge in [0.2, 0.25) is 5.78 Å². The molecular weight excluding hydrogens is 364 g/mol. The molecule has 3 rings (SSSR count). The molecule has 1 fully saturated rings. The number of benzene rings is 2. The molecule has 0 bridgehead atoms. The number of carbonyl (C=O) groups is 2. The van der Waals surface area contributed by atoms with Crippen LogP contribution in [0.25, 0.3) is 0 Å². The van der Waals surface area contributed by atoms with Crippen molar-refractivity contribution in [2.45, 2.75) is 37.9 Å².